The van der Waals surface area contributed by atoms with Crippen molar-refractivity contribution in [1.82, 2.24) is 4.57 Å². The molecule has 0 saturated carbocycles. The van der Waals surface area contributed by atoms with Crippen LogP contribution in [0.4, 0.5) is 0 Å². The van der Waals surface area contributed by atoms with Crippen molar-refractivity contribution in [2.75, 3.05) is 0 Å². The first kappa shape index (κ1) is 16.2. The van der Waals surface area contributed by atoms with Crippen LogP contribution in [0.25, 0.3) is 54.5 Å². The molecule has 0 spiro atoms. The fourth-order valence-corrected chi connectivity index (χ4v) is 5.81. The lowest BCUT2D eigenvalue weighted by molar-refractivity contribution is 0.829. The first-order valence-corrected chi connectivity index (χ1v) is 10.8. The van der Waals surface area contributed by atoms with Gasteiger partial charge in [-0.05, 0) is 57.8 Å². The summed E-state index contributed by atoms with van der Waals surface area (Å²) in [4.78, 5) is 0. The van der Waals surface area contributed by atoms with Gasteiger partial charge in [0.05, 0.1) is 5.52 Å². The zero-order chi connectivity index (χ0) is 19.8. The van der Waals surface area contributed by atoms with Crippen molar-refractivity contribution < 1.29 is 0 Å². The number of benzene rings is 5. The van der Waals surface area contributed by atoms with Crippen molar-refractivity contribution in [3.05, 3.63) is 96.1 Å². The van der Waals surface area contributed by atoms with Gasteiger partial charge in [-0.3, -0.25) is 0 Å². The molecule has 1 heteroatoms. The Hall–Kier alpha value is -3.58. The molecule has 30 heavy (non-hydrogen) atoms. The second kappa shape index (κ2) is 5.73. The van der Waals surface area contributed by atoms with E-state index < -0.39 is 0 Å². The molecular weight excluding hydrogens is 362 g/mol. The van der Waals surface area contributed by atoms with Crippen molar-refractivity contribution in [3.63, 3.8) is 0 Å². The fourth-order valence-electron chi connectivity index (χ4n) is 5.81. The monoisotopic (exact) mass is 383 g/mol. The molecule has 0 amide bonds. The van der Waals surface area contributed by atoms with Crippen LogP contribution in [0.3, 0.4) is 0 Å². The lowest BCUT2D eigenvalue weighted by Crippen LogP contribution is -1.95. The molecule has 1 nitrogen and oxygen atoms in total. The molecule has 5 aromatic carbocycles. The average molecular weight is 383 g/mol. The van der Waals surface area contributed by atoms with Gasteiger partial charge in [0.2, 0.25) is 0 Å². The molecule has 7 rings (SSSR count). The normalized spacial score (nSPS) is 12.8. The molecular formula is C29H21N. The van der Waals surface area contributed by atoms with Gasteiger partial charge in [0, 0.05) is 28.2 Å². The zero-order valence-corrected chi connectivity index (χ0v) is 16.9. The van der Waals surface area contributed by atoms with Crippen LogP contribution in [-0.2, 0) is 13.0 Å². The molecule has 0 saturated heterocycles. The summed E-state index contributed by atoms with van der Waals surface area (Å²) in [6.45, 7) is 3.24. The minimum absolute atomic E-state index is 0.966. The molecule has 1 aliphatic rings. The van der Waals surface area contributed by atoms with Crippen molar-refractivity contribution >= 4 is 43.4 Å². The second-order valence-electron chi connectivity index (χ2n) is 8.38. The molecule has 142 valence electrons. The van der Waals surface area contributed by atoms with Gasteiger partial charge in [-0.25, -0.2) is 0 Å². The van der Waals surface area contributed by atoms with Gasteiger partial charge in [-0.2, -0.15) is 0 Å². The molecule has 0 unspecified atom stereocenters. The highest BCUT2D eigenvalue weighted by Gasteiger charge is 2.27. The summed E-state index contributed by atoms with van der Waals surface area (Å²) in [5.41, 5.74) is 8.54. The summed E-state index contributed by atoms with van der Waals surface area (Å²) in [7, 11) is 0. The summed E-state index contributed by atoms with van der Waals surface area (Å²) in [5, 5.41) is 8.29. The quantitative estimate of drug-likeness (QED) is 0.274. The summed E-state index contributed by atoms with van der Waals surface area (Å²) in [5.74, 6) is 0. The molecule has 0 aliphatic heterocycles. The number of fused-ring (bicyclic) bond motifs is 12. The van der Waals surface area contributed by atoms with Crippen LogP contribution >= 0.6 is 0 Å². The SMILES string of the molecule is CCn1c2ccc3ccccc3c2c2c3c(c4ccccc4c21)-c1ccccc1C3. The van der Waals surface area contributed by atoms with E-state index in [2.05, 4.69) is 96.4 Å². The Morgan fingerprint density at radius 1 is 0.700 bits per heavy atom. The van der Waals surface area contributed by atoms with E-state index in [1.54, 1.807) is 0 Å². The fraction of sp³-hybridized carbons (Fsp3) is 0.103. The third kappa shape index (κ3) is 1.88. The van der Waals surface area contributed by atoms with Crippen molar-refractivity contribution in [2.24, 2.45) is 0 Å². The van der Waals surface area contributed by atoms with E-state index in [0.29, 0.717) is 0 Å². The van der Waals surface area contributed by atoms with E-state index in [9.17, 15) is 0 Å². The molecule has 1 aliphatic carbocycles. The van der Waals surface area contributed by atoms with Gasteiger partial charge in [-0.1, -0.05) is 78.9 Å². The maximum absolute atomic E-state index is 2.53. The number of hydrogen-bond donors (Lipinski definition) is 0. The van der Waals surface area contributed by atoms with Crippen molar-refractivity contribution in [3.8, 4) is 11.1 Å². The smallest absolute Gasteiger partial charge is 0.0574 e. The highest BCUT2D eigenvalue weighted by Crippen LogP contribution is 2.49. The molecule has 0 atom stereocenters. The van der Waals surface area contributed by atoms with E-state index >= 15 is 0 Å². The summed E-state index contributed by atoms with van der Waals surface area (Å²) >= 11 is 0. The number of rotatable bonds is 1. The summed E-state index contributed by atoms with van der Waals surface area (Å²) < 4.78 is 2.53. The van der Waals surface area contributed by atoms with Crippen LogP contribution in [0.2, 0.25) is 0 Å². The van der Waals surface area contributed by atoms with Crippen LogP contribution in [-0.4, -0.2) is 4.57 Å². The van der Waals surface area contributed by atoms with Crippen LogP contribution in [0.15, 0.2) is 84.9 Å². The minimum Gasteiger partial charge on any atom is -0.340 e. The van der Waals surface area contributed by atoms with E-state index in [-0.39, 0.29) is 0 Å². The van der Waals surface area contributed by atoms with Gasteiger partial charge in [0.15, 0.2) is 0 Å². The number of hydrogen-bond acceptors (Lipinski definition) is 0. The van der Waals surface area contributed by atoms with E-state index in [1.807, 2.05) is 0 Å². The molecule has 0 bridgehead atoms. The maximum Gasteiger partial charge on any atom is 0.0574 e. The maximum atomic E-state index is 2.53. The number of nitrogens with zero attached hydrogens (tertiary/aromatic N) is 1. The second-order valence-corrected chi connectivity index (χ2v) is 8.38. The third-order valence-electron chi connectivity index (χ3n) is 6.98. The average Bonchev–Trinajstić information content (AvgIpc) is 3.35. The summed E-state index contributed by atoms with van der Waals surface area (Å²) in [6.07, 6.45) is 1.01. The first-order chi connectivity index (χ1) is 14.9. The lowest BCUT2D eigenvalue weighted by Gasteiger charge is -2.12. The Labute approximate surface area is 175 Å². The van der Waals surface area contributed by atoms with Gasteiger partial charge >= 0.3 is 0 Å². The minimum atomic E-state index is 0.966. The Morgan fingerprint density at radius 2 is 1.43 bits per heavy atom. The van der Waals surface area contributed by atoms with Crippen LogP contribution in [0, 0.1) is 0 Å². The van der Waals surface area contributed by atoms with Gasteiger partial charge in [-0.15, -0.1) is 0 Å². The molecule has 0 N–H and O–H groups in total. The molecule has 1 heterocycles. The molecule has 1 aromatic heterocycles. The Kier molecular flexibility index (Phi) is 3.10. The largest absolute Gasteiger partial charge is 0.340 e. The van der Waals surface area contributed by atoms with E-state index in [4.69, 9.17) is 0 Å². The Morgan fingerprint density at radius 3 is 2.30 bits per heavy atom. The van der Waals surface area contributed by atoms with Gasteiger partial charge in [0.1, 0.15) is 0 Å². The molecule has 0 radical (unpaired) electrons. The van der Waals surface area contributed by atoms with Gasteiger partial charge in [0.25, 0.3) is 0 Å². The predicted octanol–water partition coefficient (Wildman–Crippen LogP) is 7.69. The standard InChI is InChI=1S/C29H21N/c1-2-30-25-16-15-18-9-3-5-11-20(18)27(25)28-24-17-19-10-4-6-12-21(19)26(24)22-13-7-8-14-23(22)29(28)30/h3-16H,2,17H2,1H3. The molecule has 6 aromatic rings. The lowest BCUT2D eigenvalue weighted by atomic mass is 9.92. The highest BCUT2D eigenvalue weighted by molar-refractivity contribution is 6.29. The van der Waals surface area contributed by atoms with Crippen molar-refractivity contribution in [2.45, 2.75) is 19.9 Å². The summed E-state index contributed by atoms with van der Waals surface area (Å²) in [6, 6.07) is 31.4. The zero-order valence-electron chi connectivity index (χ0n) is 16.9. The highest BCUT2D eigenvalue weighted by atomic mass is 15.0. The third-order valence-corrected chi connectivity index (χ3v) is 6.98. The van der Waals surface area contributed by atoms with E-state index in [1.165, 1.54) is 65.6 Å². The van der Waals surface area contributed by atoms with Gasteiger partial charge < -0.3 is 4.57 Å². The topological polar surface area (TPSA) is 4.93 Å². The van der Waals surface area contributed by atoms with Crippen LogP contribution in [0.1, 0.15) is 18.1 Å². The Bertz CT molecular complexity index is 1650. The number of aryl methyl sites for hydroxylation is 1. The predicted molar refractivity (Wildman–Crippen MR) is 128 cm³/mol. The Balaban J connectivity index is 1.84. The first-order valence-electron chi connectivity index (χ1n) is 10.8. The van der Waals surface area contributed by atoms with Crippen molar-refractivity contribution in [1.29, 1.82) is 0 Å². The van der Waals surface area contributed by atoms with Crippen LogP contribution < -0.4 is 0 Å². The van der Waals surface area contributed by atoms with Crippen LogP contribution in [0.5, 0.6) is 0 Å². The van der Waals surface area contributed by atoms with E-state index in [0.717, 1.165) is 13.0 Å². The molecule has 0 fully saturated rings. The number of aromatic nitrogens is 1.